The number of aryl methyl sites for hydroxylation is 1. The molecule has 2 aromatic rings. The maximum absolute atomic E-state index is 6.25. The Balaban J connectivity index is 2.15. The molecule has 1 heterocycles. The molecule has 3 N–H and O–H groups in total. The van der Waals surface area contributed by atoms with Crippen molar-refractivity contribution in [2.45, 2.75) is 19.3 Å². The number of halogens is 2. The third-order valence-corrected chi connectivity index (χ3v) is 4.05. The summed E-state index contributed by atoms with van der Waals surface area (Å²) < 4.78 is 0.930. The van der Waals surface area contributed by atoms with Crippen LogP contribution in [0.25, 0.3) is 11.4 Å². The predicted octanol–water partition coefficient (Wildman–Crippen LogP) is 3.33. The highest BCUT2D eigenvalue weighted by atomic mass is 79.9. The Labute approximate surface area is 124 Å². The van der Waals surface area contributed by atoms with Crippen LogP contribution in [-0.4, -0.2) is 9.97 Å². The van der Waals surface area contributed by atoms with Crippen molar-refractivity contribution in [1.29, 1.82) is 0 Å². The van der Waals surface area contributed by atoms with Crippen molar-refractivity contribution in [2.75, 3.05) is 5.43 Å². The summed E-state index contributed by atoms with van der Waals surface area (Å²) in [5.41, 5.74) is 5.67. The fraction of sp³-hybridized carbons (Fsp3) is 0.231. The normalized spacial score (nSPS) is 13.4. The number of hydrazine groups is 1. The molecule has 0 saturated heterocycles. The number of anilines is 1. The summed E-state index contributed by atoms with van der Waals surface area (Å²) in [5, 5.41) is 0.621. The van der Waals surface area contributed by atoms with E-state index in [4.69, 9.17) is 17.4 Å². The summed E-state index contributed by atoms with van der Waals surface area (Å²) in [6.07, 6.45) is 3.03. The quantitative estimate of drug-likeness (QED) is 0.650. The lowest BCUT2D eigenvalue weighted by atomic mass is 10.2. The summed E-state index contributed by atoms with van der Waals surface area (Å²) in [6, 6.07) is 5.67. The predicted molar refractivity (Wildman–Crippen MR) is 80.0 cm³/mol. The van der Waals surface area contributed by atoms with E-state index in [0.29, 0.717) is 16.7 Å². The second-order valence-electron chi connectivity index (χ2n) is 4.44. The molecule has 0 saturated carbocycles. The molecular formula is C13H12BrClN4. The van der Waals surface area contributed by atoms with Crippen LogP contribution in [0, 0.1) is 0 Å². The van der Waals surface area contributed by atoms with Crippen LogP contribution in [0.4, 0.5) is 5.82 Å². The first-order valence-electron chi connectivity index (χ1n) is 6.01. The summed E-state index contributed by atoms with van der Waals surface area (Å²) >= 11 is 9.64. The number of rotatable bonds is 2. The lowest BCUT2D eigenvalue weighted by Crippen LogP contribution is -2.12. The van der Waals surface area contributed by atoms with Gasteiger partial charge in [-0.3, -0.25) is 0 Å². The van der Waals surface area contributed by atoms with Crippen molar-refractivity contribution in [3.05, 3.63) is 39.0 Å². The maximum Gasteiger partial charge on any atom is 0.163 e. The van der Waals surface area contributed by atoms with Crippen molar-refractivity contribution in [3.63, 3.8) is 0 Å². The fourth-order valence-electron chi connectivity index (χ4n) is 2.34. The number of hydrogen-bond acceptors (Lipinski definition) is 4. The summed E-state index contributed by atoms with van der Waals surface area (Å²) in [5.74, 6) is 6.87. The van der Waals surface area contributed by atoms with Crippen molar-refractivity contribution in [1.82, 2.24) is 9.97 Å². The number of benzene rings is 1. The van der Waals surface area contributed by atoms with Gasteiger partial charge in [0.25, 0.3) is 0 Å². The van der Waals surface area contributed by atoms with Gasteiger partial charge in [0.2, 0.25) is 0 Å². The minimum Gasteiger partial charge on any atom is -0.308 e. The van der Waals surface area contributed by atoms with Crippen molar-refractivity contribution < 1.29 is 0 Å². The number of nitrogens with zero attached hydrogens (tertiary/aromatic N) is 2. The monoisotopic (exact) mass is 338 g/mol. The van der Waals surface area contributed by atoms with Crippen LogP contribution < -0.4 is 11.3 Å². The largest absolute Gasteiger partial charge is 0.308 e. The van der Waals surface area contributed by atoms with Gasteiger partial charge in [0.05, 0.1) is 5.02 Å². The Morgan fingerprint density at radius 1 is 1.26 bits per heavy atom. The van der Waals surface area contributed by atoms with Crippen LogP contribution in [0.1, 0.15) is 17.7 Å². The summed E-state index contributed by atoms with van der Waals surface area (Å²) in [7, 11) is 0. The van der Waals surface area contributed by atoms with Gasteiger partial charge in [0.1, 0.15) is 5.82 Å². The van der Waals surface area contributed by atoms with Crippen LogP contribution >= 0.6 is 27.5 Å². The van der Waals surface area contributed by atoms with Crippen LogP contribution in [0.5, 0.6) is 0 Å². The van der Waals surface area contributed by atoms with Crippen molar-refractivity contribution in [2.24, 2.45) is 5.84 Å². The molecule has 0 aliphatic heterocycles. The van der Waals surface area contributed by atoms with E-state index >= 15 is 0 Å². The Morgan fingerprint density at radius 2 is 2.11 bits per heavy atom. The lowest BCUT2D eigenvalue weighted by Gasteiger charge is -2.10. The Hall–Kier alpha value is -1.17. The van der Waals surface area contributed by atoms with Gasteiger partial charge in [-0.15, -0.1) is 0 Å². The second kappa shape index (κ2) is 5.07. The van der Waals surface area contributed by atoms with Crippen LogP contribution in [-0.2, 0) is 12.8 Å². The number of nitrogen functional groups attached to an aromatic ring is 1. The number of fused-ring (bicyclic) bond motifs is 1. The molecule has 0 bridgehead atoms. The molecule has 4 nitrogen and oxygen atoms in total. The van der Waals surface area contributed by atoms with E-state index in [9.17, 15) is 0 Å². The first kappa shape index (κ1) is 12.8. The van der Waals surface area contributed by atoms with Crippen molar-refractivity contribution >= 4 is 33.3 Å². The number of nitrogens with two attached hydrogens (primary N) is 1. The molecule has 0 fully saturated rings. The number of hydrogen-bond donors (Lipinski definition) is 2. The minimum absolute atomic E-state index is 0.617. The van der Waals surface area contributed by atoms with Crippen LogP contribution in [0.2, 0.25) is 5.02 Å². The molecule has 0 unspecified atom stereocenters. The van der Waals surface area contributed by atoms with Crippen molar-refractivity contribution in [3.8, 4) is 11.4 Å². The molecule has 1 aromatic heterocycles. The van der Waals surface area contributed by atoms with Gasteiger partial charge in [0, 0.05) is 21.3 Å². The Morgan fingerprint density at radius 3 is 2.84 bits per heavy atom. The van der Waals surface area contributed by atoms with E-state index in [-0.39, 0.29) is 0 Å². The number of nitrogens with one attached hydrogen (secondary N) is 1. The van der Waals surface area contributed by atoms with Gasteiger partial charge in [-0.2, -0.15) is 0 Å². The highest BCUT2D eigenvalue weighted by molar-refractivity contribution is 9.10. The van der Waals surface area contributed by atoms with Gasteiger partial charge in [-0.1, -0.05) is 27.5 Å². The zero-order valence-electron chi connectivity index (χ0n) is 10.1. The molecule has 98 valence electrons. The van der Waals surface area contributed by atoms with E-state index in [2.05, 4.69) is 31.3 Å². The Bertz CT molecular complexity index is 645. The van der Waals surface area contributed by atoms with Gasteiger partial charge in [-0.25, -0.2) is 15.8 Å². The molecule has 0 spiro atoms. The van der Waals surface area contributed by atoms with E-state index in [1.54, 1.807) is 0 Å². The molecule has 19 heavy (non-hydrogen) atoms. The standard InChI is InChI=1S/C13H12BrClN4/c14-7-4-5-8(10(15)6-7)12-17-11-3-1-2-9(11)13(18-12)19-16/h4-6H,1-3,16H2,(H,17,18,19). The first-order valence-corrected chi connectivity index (χ1v) is 7.18. The molecule has 0 amide bonds. The fourth-order valence-corrected chi connectivity index (χ4v) is 3.10. The first-order chi connectivity index (χ1) is 9.19. The van der Waals surface area contributed by atoms with Gasteiger partial charge < -0.3 is 5.43 Å². The minimum atomic E-state index is 0.617. The van der Waals surface area contributed by atoms with E-state index in [1.165, 1.54) is 0 Å². The molecule has 6 heteroatoms. The third-order valence-electron chi connectivity index (χ3n) is 3.24. The highest BCUT2D eigenvalue weighted by Crippen LogP contribution is 2.32. The van der Waals surface area contributed by atoms with E-state index in [1.807, 2.05) is 18.2 Å². The molecule has 1 aromatic carbocycles. The SMILES string of the molecule is NNc1nc(-c2ccc(Br)cc2Cl)nc2c1CCC2. The topological polar surface area (TPSA) is 63.8 Å². The zero-order chi connectivity index (χ0) is 13.4. The highest BCUT2D eigenvalue weighted by Gasteiger charge is 2.20. The zero-order valence-corrected chi connectivity index (χ0v) is 12.4. The summed E-state index contributed by atoms with van der Waals surface area (Å²) in [4.78, 5) is 9.09. The van der Waals surface area contributed by atoms with Gasteiger partial charge in [-0.05, 0) is 37.5 Å². The number of aromatic nitrogens is 2. The second-order valence-corrected chi connectivity index (χ2v) is 5.77. The maximum atomic E-state index is 6.25. The van der Waals surface area contributed by atoms with E-state index < -0.39 is 0 Å². The van der Waals surface area contributed by atoms with Crippen LogP contribution in [0.3, 0.4) is 0 Å². The third kappa shape index (κ3) is 2.33. The molecule has 3 rings (SSSR count). The molecule has 1 aliphatic rings. The molecule has 1 aliphatic carbocycles. The lowest BCUT2D eigenvalue weighted by molar-refractivity contribution is 0.900. The van der Waals surface area contributed by atoms with E-state index in [0.717, 1.165) is 40.6 Å². The van der Waals surface area contributed by atoms with Gasteiger partial charge >= 0.3 is 0 Å². The van der Waals surface area contributed by atoms with Gasteiger partial charge in [0.15, 0.2) is 5.82 Å². The molecule has 0 radical (unpaired) electrons. The average Bonchev–Trinajstić information content (AvgIpc) is 2.85. The van der Waals surface area contributed by atoms with Crippen LogP contribution in [0.15, 0.2) is 22.7 Å². The average molecular weight is 340 g/mol. The molecular weight excluding hydrogens is 328 g/mol. The molecule has 0 atom stereocenters. The smallest absolute Gasteiger partial charge is 0.163 e. The Kier molecular flexibility index (Phi) is 3.43. The summed E-state index contributed by atoms with van der Waals surface area (Å²) in [6.45, 7) is 0.